The number of nitrogens with zero attached hydrogens (tertiary/aromatic N) is 3. The van der Waals surface area contributed by atoms with E-state index in [1.165, 1.54) is 11.8 Å². The minimum Gasteiger partial charge on any atom is -0.336 e. The van der Waals surface area contributed by atoms with Crippen molar-refractivity contribution in [2.45, 2.75) is 31.5 Å². The van der Waals surface area contributed by atoms with Crippen molar-refractivity contribution in [2.75, 3.05) is 12.8 Å². The smallest absolute Gasteiger partial charge is 0.257 e. The van der Waals surface area contributed by atoms with E-state index in [0.717, 1.165) is 23.8 Å². The summed E-state index contributed by atoms with van der Waals surface area (Å²) >= 11 is 1.50. The topological polar surface area (TPSA) is 46.1 Å². The Labute approximate surface area is 99.5 Å². The van der Waals surface area contributed by atoms with E-state index in [2.05, 4.69) is 9.97 Å². The van der Waals surface area contributed by atoms with Gasteiger partial charge in [0.15, 0.2) is 5.16 Å². The van der Waals surface area contributed by atoms with Crippen molar-refractivity contribution < 1.29 is 4.79 Å². The van der Waals surface area contributed by atoms with Gasteiger partial charge < -0.3 is 4.90 Å². The Kier molecular flexibility index (Phi) is 3.14. The lowest BCUT2D eigenvalue weighted by Crippen LogP contribution is -2.42. The van der Waals surface area contributed by atoms with E-state index in [1.54, 1.807) is 6.20 Å². The van der Waals surface area contributed by atoms with Gasteiger partial charge in [0, 0.05) is 25.2 Å². The fraction of sp³-hybridized carbons (Fsp3) is 0.545. The van der Waals surface area contributed by atoms with Crippen molar-refractivity contribution in [3.8, 4) is 0 Å². The average Bonchev–Trinajstić information content (AvgIpc) is 2.28. The van der Waals surface area contributed by atoms with Crippen LogP contribution < -0.4 is 0 Å². The third kappa shape index (κ3) is 1.91. The SMILES string of the molecule is CSc1ncc2c(n1)CCN(C(C)C)C2=O. The minimum atomic E-state index is 0.0592. The van der Waals surface area contributed by atoms with Gasteiger partial charge in [-0.25, -0.2) is 9.97 Å². The van der Waals surface area contributed by atoms with E-state index in [9.17, 15) is 4.79 Å². The van der Waals surface area contributed by atoms with Crippen molar-refractivity contribution >= 4 is 17.7 Å². The van der Waals surface area contributed by atoms with Gasteiger partial charge in [-0.15, -0.1) is 0 Å². The normalized spacial score (nSPS) is 15.5. The van der Waals surface area contributed by atoms with Crippen LogP contribution >= 0.6 is 11.8 Å². The van der Waals surface area contributed by atoms with E-state index in [4.69, 9.17) is 0 Å². The number of rotatable bonds is 2. The molecule has 0 radical (unpaired) electrons. The largest absolute Gasteiger partial charge is 0.336 e. The molecule has 0 aliphatic carbocycles. The Hall–Kier alpha value is -1.10. The summed E-state index contributed by atoms with van der Waals surface area (Å²) in [4.78, 5) is 22.5. The van der Waals surface area contributed by atoms with E-state index in [0.29, 0.717) is 5.56 Å². The zero-order valence-electron chi connectivity index (χ0n) is 9.73. The number of fused-ring (bicyclic) bond motifs is 1. The summed E-state index contributed by atoms with van der Waals surface area (Å²) < 4.78 is 0. The molecule has 0 N–H and O–H groups in total. The molecule has 1 amide bonds. The lowest BCUT2D eigenvalue weighted by atomic mass is 10.1. The second kappa shape index (κ2) is 4.41. The lowest BCUT2D eigenvalue weighted by molar-refractivity contribution is 0.0685. The molecule has 0 aromatic carbocycles. The molecule has 1 aliphatic rings. The molecule has 2 rings (SSSR count). The van der Waals surface area contributed by atoms with Gasteiger partial charge in [-0.1, -0.05) is 11.8 Å². The third-order valence-corrected chi connectivity index (χ3v) is 3.29. The summed E-state index contributed by atoms with van der Waals surface area (Å²) in [7, 11) is 0. The molecule has 1 aromatic heterocycles. The van der Waals surface area contributed by atoms with Gasteiger partial charge in [-0.3, -0.25) is 4.79 Å². The molecule has 0 fully saturated rings. The van der Waals surface area contributed by atoms with Gasteiger partial charge in [0.2, 0.25) is 0 Å². The molecule has 0 atom stereocenters. The van der Waals surface area contributed by atoms with Gasteiger partial charge in [0.05, 0.1) is 11.3 Å². The molecule has 0 unspecified atom stereocenters. The van der Waals surface area contributed by atoms with Crippen LogP contribution in [-0.4, -0.2) is 39.6 Å². The highest BCUT2D eigenvalue weighted by Crippen LogP contribution is 2.20. The molecule has 1 aliphatic heterocycles. The molecule has 0 bridgehead atoms. The monoisotopic (exact) mass is 237 g/mol. The number of hydrogen-bond acceptors (Lipinski definition) is 4. The number of carbonyl (C=O) groups excluding carboxylic acids is 1. The predicted molar refractivity (Wildman–Crippen MR) is 63.7 cm³/mol. The van der Waals surface area contributed by atoms with Gasteiger partial charge >= 0.3 is 0 Å². The highest BCUT2D eigenvalue weighted by atomic mass is 32.2. The quantitative estimate of drug-likeness (QED) is 0.579. The van der Waals surface area contributed by atoms with E-state index < -0.39 is 0 Å². The highest BCUT2D eigenvalue weighted by molar-refractivity contribution is 7.98. The summed E-state index contributed by atoms with van der Waals surface area (Å²) in [6, 6.07) is 0.237. The maximum absolute atomic E-state index is 12.1. The van der Waals surface area contributed by atoms with Crippen molar-refractivity contribution in [1.82, 2.24) is 14.9 Å². The predicted octanol–water partition coefficient (Wildman–Crippen LogP) is 1.61. The van der Waals surface area contributed by atoms with Gasteiger partial charge in [-0.2, -0.15) is 0 Å². The summed E-state index contributed by atoms with van der Waals surface area (Å²) in [5, 5.41) is 0.740. The molecule has 5 heteroatoms. The van der Waals surface area contributed by atoms with Crippen LogP contribution in [-0.2, 0) is 6.42 Å². The highest BCUT2D eigenvalue weighted by Gasteiger charge is 2.27. The van der Waals surface area contributed by atoms with Crippen LogP contribution in [0.4, 0.5) is 0 Å². The van der Waals surface area contributed by atoms with E-state index in [1.807, 2.05) is 25.0 Å². The van der Waals surface area contributed by atoms with Crippen LogP contribution in [0.2, 0.25) is 0 Å². The van der Waals surface area contributed by atoms with Gasteiger partial charge in [0.25, 0.3) is 5.91 Å². The van der Waals surface area contributed by atoms with Crippen LogP contribution in [0.1, 0.15) is 29.9 Å². The molecule has 86 valence electrons. The third-order valence-electron chi connectivity index (χ3n) is 2.73. The fourth-order valence-corrected chi connectivity index (χ4v) is 2.20. The van der Waals surface area contributed by atoms with Gasteiger partial charge in [0.1, 0.15) is 0 Å². The number of amides is 1. The molecule has 0 saturated heterocycles. The second-order valence-corrected chi connectivity index (χ2v) is 4.83. The van der Waals surface area contributed by atoms with Crippen LogP contribution in [0.15, 0.2) is 11.4 Å². The van der Waals surface area contributed by atoms with Crippen LogP contribution in [0.3, 0.4) is 0 Å². The summed E-state index contributed by atoms with van der Waals surface area (Å²) in [5.41, 5.74) is 1.55. The van der Waals surface area contributed by atoms with Gasteiger partial charge in [-0.05, 0) is 20.1 Å². The first-order valence-corrected chi connectivity index (χ1v) is 6.57. The van der Waals surface area contributed by atoms with Crippen LogP contribution in [0.5, 0.6) is 0 Å². The number of carbonyl (C=O) groups is 1. The average molecular weight is 237 g/mol. The van der Waals surface area contributed by atoms with Crippen LogP contribution in [0, 0.1) is 0 Å². The number of thioether (sulfide) groups is 1. The van der Waals surface area contributed by atoms with E-state index >= 15 is 0 Å². The zero-order chi connectivity index (χ0) is 11.7. The Morgan fingerprint density at radius 2 is 2.25 bits per heavy atom. The molecule has 2 heterocycles. The first kappa shape index (κ1) is 11.4. The Balaban J connectivity index is 2.35. The minimum absolute atomic E-state index is 0.0592. The molecule has 1 aromatic rings. The van der Waals surface area contributed by atoms with Crippen molar-refractivity contribution in [1.29, 1.82) is 0 Å². The summed E-state index contributed by atoms with van der Waals surface area (Å²) in [5.74, 6) is 0.0592. The Bertz CT molecular complexity index is 420. The number of hydrogen-bond donors (Lipinski definition) is 0. The first-order chi connectivity index (χ1) is 7.63. The summed E-state index contributed by atoms with van der Waals surface area (Å²) in [6.07, 6.45) is 4.42. The van der Waals surface area contributed by atoms with Crippen molar-refractivity contribution in [3.05, 3.63) is 17.5 Å². The maximum atomic E-state index is 12.1. The standard InChI is InChI=1S/C11H15N3OS/c1-7(2)14-5-4-9-8(10(14)15)6-12-11(13-9)16-3/h6-7H,4-5H2,1-3H3. The molecular weight excluding hydrogens is 222 g/mol. The second-order valence-electron chi connectivity index (χ2n) is 4.06. The van der Waals surface area contributed by atoms with Crippen molar-refractivity contribution in [3.63, 3.8) is 0 Å². The molecular formula is C11H15N3OS. The van der Waals surface area contributed by atoms with E-state index in [-0.39, 0.29) is 11.9 Å². The number of aromatic nitrogens is 2. The molecule has 0 saturated carbocycles. The molecule has 16 heavy (non-hydrogen) atoms. The summed E-state index contributed by atoms with van der Waals surface area (Å²) in [6.45, 7) is 4.81. The lowest BCUT2D eigenvalue weighted by Gasteiger charge is -2.31. The fourth-order valence-electron chi connectivity index (χ4n) is 1.84. The molecule has 0 spiro atoms. The molecule has 4 nitrogen and oxygen atoms in total. The Morgan fingerprint density at radius 1 is 1.50 bits per heavy atom. The van der Waals surface area contributed by atoms with Crippen molar-refractivity contribution in [2.24, 2.45) is 0 Å². The maximum Gasteiger partial charge on any atom is 0.257 e. The Morgan fingerprint density at radius 3 is 2.88 bits per heavy atom. The zero-order valence-corrected chi connectivity index (χ0v) is 10.5. The van der Waals surface area contributed by atoms with Crippen LogP contribution in [0.25, 0.3) is 0 Å². The first-order valence-electron chi connectivity index (χ1n) is 5.34.